The normalized spacial score (nSPS) is 18.4. The highest BCUT2D eigenvalue weighted by Gasteiger charge is 2.18. The Hall–Kier alpha value is -0.273. The molecule has 0 N–H and O–H groups in total. The Labute approximate surface area is 93.2 Å². The van der Waals surface area contributed by atoms with Crippen molar-refractivity contribution in [1.82, 2.24) is 0 Å². The summed E-state index contributed by atoms with van der Waals surface area (Å²) in [6.07, 6.45) is 5.61. The molecule has 0 aromatic heterocycles. The third-order valence-electron chi connectivity index (χ3n) is 3.21. The molecule has 1 saturated carbocycles. The van der Waals surface area contributed by atoms with E-state index in [2.05, 4.69) is 24.3 Å². The molecule has 0 radical (unpaired) electrons. The van der Waals surface area contributed by atoms with Crippen LogP contribution in [-0.2, 0) is 6.04 Å². The quantitative estimate of drug-likeness (QED) is 0.547. The highest BCUT2D eigenvalue weighted by molar-refractivity contribution is 6.93. The van der Waals surface area contributed by atoms with E-state index in [-0.39, 0.29) is 8.83 Å². The van der Waals surface area contributed by atoms with Crippen LogP contribution in [0.3, 0.4) is 0 Å². The molecule has 14 heavy (non-hydrogen) atoms. The molecule has 0 aliphatic heterocycles. The molecule has 0 amide bonds. The van der Waals surface area contributed by atoms with Crippen molar-refractivity contribution < 1.29 is 0 Å². The minimum Gasteiger partial charge on any atom is -0.176 e. The van der Waals surface area contributed by atoms with Gasteiger partial charge in [-0.25, -0.2) is 0 Å². The zero-order chi connectivity index (χ0) is 9.80. The van der Waals surface area contributed by atoms with Gasteiger partial charge in [0.05, 0.1) is 0 Å². The van der Waals surface area contributed by atoms with Crippen LogP contribution < -0.4 is 0 Å². The van der Waals surface area contributed by atoms with Crippen LogP contribution in [-0.4, -0.2) is 8.83 Å². The zero-order valence-corrected chi connectivity index (χ0v) is 10.7. The molecule has 0 bridgehead atoms. The minimum atomic E-state index is -0.360. The van der Waals surface area contributed by atoms with Crippen molar-refractivity contribution in [3.63, 3.8) is 0 Å². The first-order chi connectivity index (χ1) is 6.92. The summed E-state index contributed by atoms with van der Waals surface area (Å²) in [6, 6.07) is 10.1. The average molecular weight is 225 g/mol. The van der Waals surface area contributed by atoms with E-state index in [1.54, 1.807) is 5.56 Å². The largest absolute Gasteiger partial charge is 0.176 e. The predicted octanol–water partition coefficient (Wildman–Crippen LogP) is 3.17. The van der Waals surface area contributed by atoms with Crippen molar-refractivity contribution in [2.45, 2.75) is 37.6 Å². The fourth-order valence-corrected chi connectivity index (χ4v) is 3.77. The molecule has 1 aliphatic rings. The van der Waals surface area contributed by atoms with Gasteiger partial charge in [-0.15, -0.1) is 0 Å². The molecule has 0 unspecified atom stereocenters. The molecule has 1 aliphatic carbocycles. The summed E-state index contributed by atoms with van der Waals surface area (Å²) >= 11 is 5.95. The van der Waals surface area contributed by atoms with Crippen molar-refractivity contribution in [3.05, 3.63) is 35.4 Å². The monoisotopic (exact) mass is 224 g/mol. The maximum absolute atomic E-state index is 5.95. The van der Waals surface area contributed by atoms with Gasteiger partial charge in [0.1, 0.15) is 8.83 Å². The Kier molecular flexibility index (Phi) is 3.65. The van der Waals surface area contributed by atoms with Gasteiger partial charge in [0.2, 0.25) is 0 Å². The van der Waals surface area contributed by atoms with E-state index < -0.39 is 0 Å². The second-order valence-corrected chi connectivity index (χ2v) is 6.13. The molecule has 0 atom stereocenters. The maximum atomic E-state index is 5.95. The standard InChI is InChI=1S/C12H17ClSi/c13-14-9-11-7-3-4-8-12(11)10-5-1-2-6-10/h3-4,7-8,10H,1-2,5-6,9,14H2. The first-order valence-electron chi connectivity index (χ1n) is 5.55. The summed E-state index contributed by atoms with van der Waals surface area (Å²) in [6.45, 7) is 0. The lowest BCUT2D eigenvalue weighted by atomic mass is 9.94. The van der Waals surface area contributed by atoms with Gasteiger partial charge in [0.15, 0.2) is 0 Å². The van der Waals surface area contributed by atoms with E-state index in [9.17, 15) is 0 Å². The molecule has 0 nitrogen and oxygen atoms in total. The highest BCUT2D eigenvalue weighted by Crippen LogP contribution is 2.35. The molecule has 1 fully saturated rings. The zero-order valence-electron chi connectivity index (χ0n) is 8.51. The van der Waals surface area contributed by atoms with Crippen LogP contribution in [0.2, 0.25) is 0 Å². The average Bonchev–Trinajstić information content (AvgIpc) is 2.72. The fourth-order valence-electron chi connectivity index (χ4n) is 2.50. The summed E-state index contributed by atoms with van der Waals surface area (Å²) in [4.78, 5) is 0. The van der Waals surface area contributed by atoms with Crippen LogP contribution in [0.5, 0.6) is 0 Å². The second-order valence-electron chi connectivity index (χ2n) is 4.12. The van der Waals surface area contributed by atoms with Crippen LogP contribution in [0.25, 0.3) is 0 Å². The van der Waals surface area contributed by atoms with Gasteiger partial charge < -0.3 is 0 Å². The summed E-state index contributed by atoms with van der Waals surface area (Å²) < 4.78 is 0. The Morgan fingerprint density at radius 2 is 1.93 bits per heavy atom. The first kappa shape index (κ1) is 10.3. The smallest absolute Gasteiger partial charge is 0.129 e. The van der Waals surface area contributed by atoms with Gasteiger partial charge in [-0.05, 0) is 35.9 Å². The topological polar surface area (TPSA) is 0 Å². The van der Waals surface area contributed by atoms with Gasteiger partial charge in [-0.3, -0.25) is 0 Å². The number of hydrogen-bond acceptors (Lipinski definition) is 0. The van der Waals surface area contributed by atoms with Crippen LogP contribution >= 0.6 is 11.1 Å². The molecule has 1 aromatic carbocycles. The lowest BCUT2D eigenvalue weighted by Gasteiger charge is -2.14. The van der Waals surface area contributed by atoms with Gasteiger partial charge in [-0.1, -0.05) is 37.1 Å². The van der Waals surface area contributed by atoms with Gasteiger partial charge in [-0.2, -0.15) is 11.1 Å². The number of benzene rings is 1. The Morgan fingerprint density at radius 3 is 2.64 bits per heavy atom. The number of hydrogen-bond donors (Lipinski definition) is 0. The van der Waals surface area contributed by atoms with E-state index in [0.717, 1.165) is 12.0 Å². The first-order valence-corrected chi connectivity index (χ1v) is 8.69. The van der Waals surface area contributed by atoms with Crippen molar-refractivity contribution in [1.29, 1.82) is 0 Å². The third kappa shape index (κ3) is 2.21. The van der Waals surface area contributed by atoms with Crippen LogP contribution in [0, 0.1) is 0 Å². The van der Waals surface area contributed by atoms with Crippen LogP contribution in [0.15, 0.2) is 24.3 Å². The molecular weight excluding hydrogens is 208 g/mol. The van der Waals surface area contributed by atoms with E-state index in [1.807, 2.05) is 0 Å². The molecule has 0 saturated heterocycles. The van der Waals surface area contributed by atoms with Crippen molar-refractivity contribution in [3.8, 4) is 0 Å². The second kappa shape index (κ2) is 4.99. The minimum absolute atomic E-state index is 0.360. The molecule has 0 spiro atoms. The summed E-state index contributed by atoms with van der Waals surface area (Å²) in [5, 5.41) is 0. The number of rotatable bonds is 3. The van der Waals surface area contributed by atoms with E-state index in [4.69, 9.17) is 11.1 Å². The van der Waals surface area contributed by atoms with Crippen molar-refractivity contribution >= 4 is 19.9 Å². The molecule has 2 heteroatoms. The SMILES string of the molecule is Cl[SiH2]Cc1ccccc1C1CCCC1. The van der Waals surface area contributed by atoms with Crippen molar-refractivity contribution in [2.24, 2.45) is 0 Å². The number of halogens is 1. The molecule has 1 aromatic rings. The maximum Gasteiger partial charge on any atom is 0.129 e. The van der Waals surface area contributed by atoms with E-state index in [0.29, 0.717) is 0 Å². The highest BCUT2D eigenvalue weighted by atomic mass is 35.6. The molecule has 76 valence electrons. The lowest BCUT2D eigenvalue weighted by molar-refractivity contribution is 0.717. The fraction of sp³-hybridized carbons (Fsp3) is 0.500. The predicted molar refractivity (Wildman–Crippen MR) is 65.8 cm³/mol. The van der Waals surface area contributed by atoms with E-state index in [1.165, 1.54) is 31.2 Å². The molecular formula is C12H17ClSi. The van der Waals surface area contributed by atoms with Gasteiger partial charge in [0.25, 0.3) is 0 Å². The third-order valence-corrected chi connectivity index (χ3v) is 4.51. The summed E-state index contributed by atoms with van der Waals surface area (Å²) in [5.41, 5.74) is 3.12. The summed E-state index contributed by atoms with van der Waals surface area (Å²) in [7, 11) is -0.360. The lowest BCUT2D eigenvalue weighted by Crippen LogP contribution is -2.00. The summed E-state index contributed by atoms with van der Waals surface area (Å²) in [5.74, 6) is 0.836. The Morgan fingerprint density at radius 1 is 1.21 bits per heavy atom. The van der Waals surface area contributed by atoms with Crippen molar-refractivity contribution in [2.75, 3.05) is 0 Å². The molecule has 0 heterocycles. The van der Waals surface area contributed by atoms with Crippen LogP contribution in [0.1, 0.15) is 42.7 Å². The van der Waals surface area contributed by atoms with Gasteiger partial charge in [0, 0.05) is 0 Å². The Balaban J connectivity index is 2.21. The Bertz CT molecular complexity index is 292. The van der Waals surface area contributed by atoms with Gasteiger partial charge >= 0.3 is 0 Å². The van der Waals surface area contributed by atoms with Crippen LogP contribution in [0.4, 0.5) is 0 Å². The molecule has 2 rings (SSSR count). The van der Waals surface area contributed by atoms with E-state index >= 15 is 0 Å².